The minimum absolute atomic E-state index is 0.158. The highest BCUT2D eigenvalue weighted by molar-refractivity contribution is 9.10. The molecule has 0 aromatic heterocycles. The number of carbonyl (C=O) groups is 2. The molecule has 1 N–H and O–H groups in total. The van der Waals surface area contributed by atoms with Crippen LogP contribution >= 0.6 is 15.9 Å². The van der Waals surface area contributed by atoms with Crippen molar-refractivity contribution >= 4 is 44.7 Å². The summed E-state index contributed by atoms with van der Waals surface area (Å²) in [5.41, 5.74) is 1.96. The number of hydrogen-bond donors (Lipinski definition) is 1. The van der Waals surface area contributed by atoms with Gasteiger partial charge in [-0.1, -0.05) is 64.5 Å². The Balaban J connectivity index is 1.62. The molecule has 30 heavy (non-hydrogen) atoms. The molecule has 0 spiro atoms. The highest BCUT2D eigenvalue weighted by Gasteiger charge is 2.32. The highest BCUT2D eigenvalue weighted by Crippen LogP contribution is 2.28. The van der Waals surface area contributed by atoms with Gasteiger partial charge in [0.25, 0.3) is 5.91 Å². The Morgan fingerprint density at radius 2 is 1.87 bits per heavy atom. The molecule has 150 valence electrons. The maximum absolute atomic E-state index is 12.5. The fourth-order valence-corrected chi connectivity index (χ4v) is 3.74. The van der Waals surface area contributed by atoms with E-state index in [1.165, 1.54) is 6.08 Å². The topological polar surface area (TPSA) is 58.6 Å². The van der Waals surface area contributed by atoms with Crippen LogP contribution in [0, 0.1) is 0 Å². The molecule has 4 rings (SSSR count). The first kappa shape index (κ1) is 19.9. The Kier molecular flexibility index (Phi) is 5.68. The summed E-state index contributed by atoms with van der Waals surface area (Å²) in [7, 11) is 0. The zero-order chi connectivity index (χ0) is 21.1. The first-order valence-corrected chi connectivity index (χ1v) is 10.2. The fraction of sp³-hybridized carbons (Fsp3) is 0.0833. The lowest BCUT2D eigenvalue weighted by Crippen LogP contribution is -2.30. The van der Waals surface area contributed by atoms with Crippen molar-refractivity contribution in [3.63, 3.8) is 0 Å². The van der Waals surface area contributed by atoms with Gasteiger partial charge in [0, 0.05) is 16.6 Å². The third-order valence-corrected chi connectivity index (χ3v) is 5.30. The number of fused-ring (bicyclic) bond motifs is 1. The summed E-state index contributed by atoms with van der Waals surface area (Å²) in [6.45, 7) is 4.12. The minimum Gasteiger partial charge on any atom is -0.488 e. The number of rotatable bonds is 6. The van der Waals surface area contributed by atoms with E-state index in [-0.39, 0.29) is 18.1 Å². The number of amides is 3. The van der Waals surface area contributed by atoms with Crippen molar-refractivity contribution < 1.29 is 14.3 Å². The molecule has 1 saturated heterocycles. The Morgan fingerprint density at radius 1 is 1.07 bits per heavy atom. The van der Waals surface area contributed by atoms with Crippen molar-refractivity contribution in [3.05, 3.63) is 94.6 Å². The Bertz CT molecular complexity index is 1180. The van der Waals surface area contributed by atoms with Gasteiger partial charge in [0.1, 0.15) is 18.1 Å². The molecule has 3 amide bonds. The van der Waals surface area contributed by atoms with Gasteiger partial charge in [0.05, 0.1) is 0 Å². The predicted octanol–water partition coefficient (Wildman–Crippen LogP) is 5.26. The maximum atomic E-state index is 12.5. The number of ether oxygens (including phenoxy) is 1. The summed E-state index contributed by atoms with van der Waals surface area (Å²) in [6.07, 6.45) is 3.14. The van der Waals surface area contributed by atoms with Gasteiger partial charge >= 0.3 is 6.03 Å². The second-order valence-electron chi connectivity index (χ2n) is 6.80. The van der Waals surface area contributed by atoms with E-state index in [2.05, 4.69) is 46.0 Å². The molecule has 1 heterocycles. The van der Waals surface area contributed by atoms with Crippen LogP contribution in [0.1, 0.15) is 11.1 Å². The average Bonchev–Trinajstić information content (AvgIpc) is 3.01. The Morgan fingerprint density at radius 3 is 2.70 bits per heavy atom. The first-order chi connectivity index (χ1) is 14.6. The summed E-state index contributed by atoms with van der Waals surface area (Å²) in [4.78, 5) is 25.6. The van der Waals surface area contributed by atoms with Crippen LogP contribution in [0.15, 0.2) is 83.5 Å². The van der Waals surface area contributed by atoms with E-state index < -0.39 is 6.03 Å². The molecule has 6 heteroatoms. The van der Waals surface area contributed by atoms with E-state index in [4.69, 9.17) is 4.74 Å². The predicted molar refractivity (Wildman–Crippen MR) is 121 cm³/mol. The van der Waals surface area contributed by atoms with E-state index in [0.29, 0.717) is 17.9 Å². The lowest BCUT2D eigenvalue weighted by atomic mass is 10.1. The smallest absolute Gasteiger partial charge is 0.329 e. The molecule has 0 bridgehead atoms. The van der Waals surface area contributed by atoms with Crippen molar-refractivity contribution in [1.82, 2.24) is 10.2 Å². The third kappa shape index (κ3) is 4.00. The molecule has 0 aliphatic carbocycles. The molecule has 1 aliphatic heterocycles. The van der Waals surface area contributed by atoms with Crippen molar-refractivity contribution in [2.75, 3.05) is 6.54 Å². The van der Waals surface area contributed by atoms with E-state index in [1.807, 2.05) is 42.5 Å². The molecule has 0 saturated carbocycles. The van der Waals surface area contributed by atoms with Crippen LogP contribution in [-0.4, -0.2) is 23.4 Å². The number of halogens is 1. The van der Waals surface area contributed by atoms with Gasteiger partial charge in [-0.3, -0.25) is 9.69 Å². The lowest BCUT2D eigenvalue weighted by Gasteiger charge is -2.12. The summed E-state index contributed by atoms with van der Waals surface area (Å²) < 4.78 is 6.95. The van der Waals surface area contributed by atoms with Crippen molar-refractivity contribution in [2.45, 2.75) is 6.61 Å². The second kappa shape index (κ2) is 8.55. The van der Waals surface area contributed by atoms with Crippen LogP contribution < -0.4 is 10.1 Å². The Labute approximate surface area is 182 Å². The van der Waals surface area contributed by atoms with Crippen molar-refractivity contribution in [1.29, 1.82) is 0 Å². The third-order valence-electron chi connectivity index (χ3n) is 4.81. The molecule has 0 radical (unpaired) electrons. The summed E-state index contributed by atoms with van der Waals surface area (Å²) in [5, 5.41) is 4.90. The summed E-state index contributed by atoms with van der Waals surface area (Å²) in [5.74, 6) is 0.225. The van der Waals surface area contributed by atoms with E-state index in [0.717, 1.165) is 25.7 Å². The largest absolute Gasteiger partial charge is 0.488 e. The molecule has 3 aromatic rings. The summed E-state index contributed by atoms with van der Waals surface area (Å²) >= 11 is 3.46. The SMILES string of the molecule is C=CCN1C(=O)N/C(=C/c2cc(Br)ccc2OCc2cccc3ccccc23)C1=O. The van der Waals surface area contributed by atoms with E-state index in [1.54, 1.807) is 6.08 Å². The van der Waals surface area contributed by atoms with Crippen LogP contribution in [0.5, 0.6) is 5.75 Å². The minimum atomic E-state index is -0.459. The second-order valence-corrected chi connectivity index (χ2v) is 7.72. The zero-order valence-corrected chi connectivity index (χ0v) is 17.7. The number of urea groups is 1. The fourth-order valence-electron chi connectivity index (χ4n) is 3.36. The molecule has 0 atom stereocenters. The number of benzene rings is 3. The van der Waals surface area contributed by atoms with Gasteiger partial charge in [-0.25, -0.2) is 4.79 Å². The van der Waals surface area contributed by atoms with Crippen LogP contribution in [0.25, 0.3) is 16.8 Å². The first-order valence-electron chi connectivity index (χ1n) is 9.41. The van der Waals surface area contributed by atoms with Crippen LogP contribution in [-0.2, 0) is 11.4 Å². The number of imide groups is 1. The van der Waals surface area contributed by atoms with Crippen LogP contribution in [0.3, 0.4) is 0 Å². The van der Waals surface area contributed by atoms with Gasteiger partial charge in [-0.05, 0) is 40.6 Å². The van der Waals surface area contributed by atoms with Crippen LogP contribution in [0.2, 0.25) is 0 Å². The van der Waals surface area contributed by atoms with E-state index >= 15 is 0 Å². The average molecular weight is 463 g/mol. The maximum Gasteiger partial charge on any atom is 0.329 e. The molecule has 5 nitrogen and oxygen atoms in total. The summed E-state index contributed by atoms with van der Waals surface area (Å²) in [6, 6.07) is 19.4. The number of nitrogens with one attached hydrogen (secondary N) is 1. The monoisotopic (exact) mass is 462 g/mol. The lowest BCUT2D eigenvalue weighted by molar-refractivity contribution is -0.122. The van der Waals surface area contributed by atoms with Gasteiger partial charge in [0.15, 0.2) is 0 Å². The number of hydrogen-bond acceptors (Lipinski definition) is 3. The highest BCUT2D eigenvalue weighted by atomic mass is 79.9. The standard InChI is InChI=1S/C24H19BrN2O3/c1-2-12-27-23(28)21(26-24(27)29)14-18-13-19(25)10-11-22(18)30-15-17-8-5-7-16-6-3-4-9-20(16)17/h2-11,13-14H,1,12,15H2,(H,26,29)/b21-14+. The van der Waals surface area contributed by atoms with Gasteiger partial charge in [0.2, 0.25) is 0 Å². The number of nitrogens with zero attached hydrogens (tertiary/aromatic N) is 1. The molecule has 1 fully saturated rings. The normalized spacial score (nSPS) is 15.0. The van der Waals surface area contributed by atoms with E-state index in [9.17, 15) is 9.59 Å². The molecular weight excluding hydrogens is 444 g/mol. The zero-order valence-electron chi connectivity index (χ0n) is 16.1. The molecule has 0 unspecified atom stereocenters. The van der Waals surface area contributed by atoms with Gasteiger partial charge in [-0.2, -0.15) is 0 Å². The number of carbonyl (C=O) groups excluding carboxylic acids is 2. The van der Waals surface area contributed by atoms with Crippen molar-refractivity contribution in [2.24, 2.45) is 0 Å². The quantitative estimate of drug-likeness (QED) is 0.308. The van der Waals surface area contributed by atoms with Crippen LogP contribution in [0.4, 0.5) is 4.79 Å². The Hall–Kier alpha value is -3.38. The van der Waals surface area contributed by atoms with Gasteiger partial charge in [-0.15, -0.1) is 6.58 Å². The molecule has 3 aromatic carbocycles. The molecular formula is C24H19BrN2O3. The van der Waals surface area contributed by atoms with Gasteiger partial charge < -0.3 is 10.1 Å². The van der Waals surface area contributed by atoms with Crippen molar-refractivity contribution in [3.8, 4) is 5.75 Å². The molecule has 1 aliphatic rings.